The third kappa shape index (κ3) is 3.35. The summed E-state index contributed by atoms with van der Waals surface area (Å²) in [4.78, 5) is 4.49. The number of hydrogen-bond acceptors (Lipinski definition) is 6. The molecular formula is C16H24N2O4. The molecule has 3 rings (SSSR count). The average molecular weight is 308 g/mol. The highest BCUT2D eigenvalue weighted by molar-refractivity contribution is 5.39. The number of likely N-dealkylation sites (tertiary alicyclic amines) is 1. The number of morpholine rings is 1. The van der Waals surface area contributed by atoms with Crippen molar-refractivity contribution >= 4 is 0 Å². The van der Waals surface area contributed by atoms with Crippen molar-refractivity contribution in [2.24, 2.45) is 0 Å². The van der Waals surface area contributed by atoms with Gasteiger partial charge in [0.05, 0.1) is 26.4 Å². The van der Waals surface area contributed by atoms with Gasteiger partial charge >= 0.3 is 0 Å². The maximum absolute atomic E-state index is 10.3. The van der Waals surface area contributed by atoms with Gasteiger partial charge in [-0.3, -0.25) is 9.80 Å². The van der Waals surface area contributed by atoms with Crippen molar-refractivity contribution < 1.29 is 19.7 Å². The van der Waals surface area contributed by atoms with E-state index < -0.39 is 0 Å². The topological polar surface area (TPSA) is 65.4 Å². The Morgan fingerprint density at radius 1 is 1.27 bits per heavy atom. The van der Waals surface area contributed by atoms with Crippen molar-refractivity contribution in [3.8, 4) is 11.5 Å². The van der Waals surface area contributed by atoms with Gasteiger partial charge in [0.15, 0.2) is 0 Å². The van der Waals surface area contributed by atoms with Gasteiger partial charge in [0.25, 0.3) is 0 Å². The number of nitrogens with zero attached hydrogens (tertiary/aromatic N) is 2. The average Bonchev–Trinajstić information content (AvgIpc) is 2.91. The molecule has 0 unspecified atom stereocenters. The van der Waals surface area contributed by atoms with Gasteiger partial charge in [-0.15, -0.1) is 0 Å². The molecule has 2 atom stereocenters. The lowest BCUT2D eigenvalue weighted by Gasteiger charge is -2.33. The van der Waals surface area contributed by atoms with Crippen LogP contribution in [0.2, 0.25) is 0 Å². The molecular weight excluding hydrogens is 284 g/mol. The summed E-state index contributed by atoms with van der Waals surface area (Å²) < 4.78 is 10.6. The van der Waals surface area contributed by atoms with Crippen LogP contribution in [0.15, 0.2) is 18.2 Å². The second-order valence-corrected chi connectivity index (χ2v) is 5.97. The zero-order chi connectivity index (χ0) is 15.5. The number of aliphatic hydroxyl groups is 1. The molecule has 6 heteroatoms. The number of aliphatic hydroxyl groups excluding tert-OH is 1. The molecule has 2 aliphatic rings. The van der Waals surface area contributed by atoms with E-state index in [1.54, 1.807) is 19.2 Å². The summed E-state index contributed by atoms with van der Waals surface area (Å²) in [6, 6.07) is 5.40. The summed E-state index contributed by atoms with van der Waals surface area (Å²) in [5.41, 5.74) is 0.828. The number of rotatable bonds is 4. The number of β-amino-alcohol motifs (C(OH)–C–C–N with tert-alkyl or cyclic N) is 1. The fourth-order valence-corrected chi connectivity index (χ4v) is 3.30. The van der Waals surface area contributed by atoms with Crippen LogP contribution in [0.3, 0.4) is 0 Å². The first-order chi connectivity index (χ1) is 10.7. The summed E-state index contributed by atoms with van der Waals surface area (Å²) in [7, 11) is 1.62. The van der Waals surface area contributed by atoms with Gasteiger partial charge in [-0.1, -0.05) is 0 Å². The molecule has 2 fully saturated rings. The molecule has 0 spiro atoms. The van der Waals surface area contributed by atoms with Gasteiger partial charge in [-0.2, -0.15) is 0 Å². The smallest absolute Gasteiger partial charge is 0.120 e. The molecule has 0 aliphatic carbocycles. The molecule has 0 saturated carbocycles. The van der Waals surface area contributed by atoms with E-state index in [1.165, 1.54) is 0 Å². The Bertz CT molecular complexity index is 505. The third-order valence-electron chi connectivity index (χ3n) is 4.53. The van der Waals surface area contributed by atoms with Crippen molar-refractivity contribution in [1.29, 1.82) is 0 Å². The highest BCUT2D eigenvalue weighted by Gasteiger charge is 2.36. The van der Waals surface area contributed by atoms with Crippen LogP contribution in [0, 0.1) is 0 Å². The summed E-state index contributed by atoms with van der Waals surface area (Å²) in [5, 5.41) is 20.3. The number of phenols is 1. The van der Waals surface area contributed by atoms with Gasteiger partial charge in [-0.05, 0) is 18.2 Å². The molecule has 2 heterocycles. The van der Waals surface area contributed by atoms with E-state index >= 15 is 0 Å². The fourth-order valence-electron chi connectivity index (χ4n) is 3.30. The quantitative estimate of drug-likeness (QED) is 0.833. The van der Waals surface area contributed by atoms with E-state index in [-0.39, 0.29) is 17.9 Å². The minimum atomic E-state index is -0.356. The molecule has 122 valence electrons. The molecule has 2 N–H and O–H groups in total. The van der Waals surface area contributed by atoms with Crippen molar-refractivity contribution in [3.05, 3.63) is 23.8 Å². The summed E-state index contributed by atoms with van der Waals surface area (Å²) >= 11 is 0. The third-order valence-corrected chi connectivity index (χ3v) is 4.53. The number of methoxy groups -OCH3 is 1. The SMILES string of the molecule is COc1ccc(O)c(CN2C[C@H](O)[C@@H](N3CCOCC3)C2)c1. The molecule has 1 aromatic rings. The highest BCUT2D eigenvalue weighted by Crippen LogP contribution is 2.26. The lowest BCUT2D eigenvalue weighted by molar-refractivity contribution is -0.00618. The number of ether oxygens (including phenoxy) is 2. The van der Waals surface area contributed by atoms with Crippen LogP contribution in [0.25, 0.3) is 0 Å². The Kier molecular flexibility index (Phi) is 4.83. The first-order valence-corrected chi connectivity index (χ1v) is 7.75. The van der Waals surface area contributed by atoms with Gasteiger partial charge in [0.2, 0.25) is 0 Å². The van der Waals surface area contributed by atoms with Gasteiger partial charge in [0, 0.05) is 44.3 Å². The summed E-state index contributed by atoms with van der Waals surface area (Å²) in [5.74, 6) is 1.00. The highest BCUT2D eigenvalue weighted by atomic mass is 16.5. The van der Waals surface area contributed by atoms with Crippen LogP contribution in [0.4, 0.5) is 0 Å². The summed E-state index contributed by atoms with van der Waals surface area (Å²) in [6.45, 7) is 5.26. The van der Waals surface area contributed by atoms with Gasteiger partial charge in [0.1, 0.15) is 11.5 Å². The molecule has 0 bridgehead atoms. The largest absolute Gasteiger partial charge is 0.508 e. The molecule has 1 aromatic carbocycles. The lowest BCUT2D eigenvalue weighted by Crippen LogP contribution is -2.48. The minimum absolute atomic E-state index is 0.150. The first-order valence-electron chi connectivity index (χ1n) is 7.75. The zero-order valence-electron chi connectivity index (χ0n) is 12.9. The van der Waals surface area contributed by atoms with Crippen LogP contribution in [0.1, 0.15) is 5.56 Å². The van der Waals surface area contributed by atoms with E-state index in [2.05, 4.69) is 9.80 Å². The normalized spacial score (nSPS) is 27.2. The number of aromatic hydroxyl groups is 1. The van der Waals surface area contributed by atoms with Crippen LogP contribution >= 0.6 is 0 Å². The Morgan fingerprint density at radius 3 is 2.77 bits per heavy atom. The standard InChI is InChI=1S/C16H24N2O4/c1-21-13-2-3-15(19)12(8-13)9-17-10-14(16(20)11-17)18-4-6-22-7-5-18/h2-3,8,14,16,19-20H,4-7,9-11H2,1H3/t14-,16-/m0/s1. The first kappa shape index (κ1) is 15.6. The number of hydrogen-bond donors (Lipinski definition) is 2. The zero-order valence-corrected chi connectivity index (χ0v) is 12.9. The molecule has 0 radical (unpaired) electrons. The Hall–Kier alpha value is -1.34. The van der Waals surface area contributed by atoms with Gasteiger partial charge in [-0.25, -0.2) is 0 Å². The van der Waals surface area contributed by atoms with Crippen LogP contribution < -0.4 is 4.74 Å². The van der Waals surface area contributed by atoms with E-state index in [0.717, 1.165) is 44.2 Å². The molecule has 0 aromatic heterocycles. The monoisotopic (exact) mass is 308 g/mol. The van der Waals surface area contributed by atoms with Crippen molar-refractivity contribution in [1.82, 2.24) is 9.80 Å². The van der Waals surface area contributed by atoms with E-state index in [4.69, 9.17) is 9.47 Å². The molecule has 22 heavy (non-hydrogen) atoms. The fraction of sp³-hybridized carbons (Fsp3) is 0.625. The van der Waals surface area contributed by atoms with E-state index in [0.29, 0.717) is 13.1 Å². The second kappa shape index (κ2) is 6.83. The Balaban J connectivity index is 1.64. The molecule has 2 saturated heterocycles. The minimum Gasteiger partial charge on any atom is -0.508 e. The predicted molar refractivity (Wildman–Crippen MR) is 82.1 cm³/mol. The Labute approximate surface area is 130 Å². The van der Waals surface area contributed by atoms with E-state index in [9.17, 15) is 10.2 Å². The maximum Gasteiger partial charge on any atom is 0.120 e. The van der Waals surface area contributed by atoms with Crippen molar-refractivity contribution in [3.63, 3.8) is 0 Å². The van der Waals surface area contributed by atoms with E-state index in [1.807, 2.05) is 6.07 Å². The second-order valence-electron chi connectivity index (χ2n) is 5.97. The van der Waals surface area contributed by atoms with Crippen LogP contribution in [-0.4, -0.2) is 78.7 Å². The molecule has 6 nitrogen and oxygen atoms in total. The maximum atomic E-state index is 10.3. The lowest BCUT2D eigenvalue weighted by atomic mass is 10.1. The Morgan fingerprint density at radius 2 is 2.05 bits per heavy atom. The number of benzene rings is 1. The molecule has 2 aliphatic heterocycles. The van der Waals surface area contributed by atoms with Gasteiger partial charge < -0.3 is 19.7 Å². The summed E-state index contributed by atoms with van der Waals surface area (Å²) in [6.07, 6.45) is -0.356. The number of phenolic OH excluding ortho intramolecular Hbond substituents is 1. The molecule has 0 amide bonds. The predicted octanol–water partition coefficient (Wildman–Crippen LogP) is 0.278. The van der Waals surface area contributed by atoms with Crippen LogP contribution in [-0.2, 0) is 11.3 Å². The van der Waals surface area contributed by atoms with Crippen molar-refractivity contribution in [2.45, 2.75) is 18.7 Å². The van der Waals surface area contributed by atoms with Crippen LogP contribution in [0.5, 0.6) is 11.5 Å². The van der Waals surface area contributed by atoms with Crippen molar-refractivity contribution in [2.75, 3.05) is 46.5 Å².